The van der Waals surface area contributed by atoms with Crippen LogP contribution in [0.3, 0.4) is 0 Å². The van der Waals surface area contributed by atoms with Crippen molar-refractivity contribution in [2.75, 3.05) is 0 Å². The molecule has 0 saturated carbocycles. The fraction of sp³-hybridized carbons (Fsp3) is 0.438. The molecule has 0 radical (unpaired) electrons. The molecule has 0 aliphatic carbocycles. The molecule has 0 saturated heterocycles. The number of alkyl halides is 5. The van der Waals surface area contributed by atoms with Crippen molar-refractivity contribution < 1.29 is 31.9 Å². The highest BCUT2D eigenvalue weighted by Gasteiger charge is 2.41. The minimum Gasteiger partial charge on any atom is -0.392 e. The Morgan fingerprint density at radius 2 is 1.92 bits per heavy atom. The predicted molar refractivity (Wildman–Crippen MR) is 80.6 cm³/mol. The standard InChI is InChI=1S/C16H16F5N3O2/c1-8(2)6-9-10(7-25)12(14(17)18)23-13(16(19,20)21)11(9)15(26)24-5-3-4-22-24/h3-5,8,14,25H,6-7H2,1-2H3. The van der Waals surface area contributed by atoms with E-state index in [1.165, 1.54) is 12.3 Å². The minimum atomic E-state index is -5.14. The summed E-state index contributed by atoms with van der Waals surface area (Å²) in [5.74, 6) is -1.42. The van der Waals surface area contributed by atoms with Crippen molar-refractivity contribution in [2.24, 2.45) is 5.92 Å². The quantitative estimate of drug-likeness (QED) is 0.809. The van der Waals surface area contributed by atoms with Gasteiger partial charge >= 0.3 is 6.18 Å². The summed E-state index contributed by atoms with van der Waals surface area (Å²) < 4.78 is 67.7. The average Bonchev–Trinajstić information content (AvgIpc) is 3.05. The first-order chi connectivity index (χ1) is 12.1. The van der Waals surface area contributed by atoms with Gasteiger partial charge in [0, 0.05) is 18.0 Å². The van der Waals surface area contributed by atoms with Crippen molar-refractivity contribution in [3.8, 4) is 0 Å². The van der Waals surface area contributed by atoms with Crippen LogP contribution in [0.15, 0.2) is 18.5 Å². The van der Waals surface area contributed by atoms with Crippen LogP contribution in [0.2, 0.25) is 0 Å². The molecule has 0 aliphatic rings. The fourth-order valence-corrected chi connectivity index (χ4v) is 2.62. The van der Waals surface area contributed by atoms with Gasteiger partial charge in [-0.3, -0.25) is 4.79 Å². The lowest BCUT2D eigenvalue weighted by Gasteiger charge is -2.21. The Labute approximate surface area is 145 Å². The number of nitrogens with zero attached hydrogens (tertiary/aromatic N) is 3. The third-order valence-electron chi connectivity index (χ3n) is 3.62. The van der Waals surface area contributed by atoms with Crippen molar-refractivity contribution in [3.63, 3.8) is 0 Å². The Morgan fingerprint density at radius 3 is 2.35 bits per heavy atom. The van der Waals surface area contributed by atoms with E-state index in [0.717, 1.165) is 6.20 Å². The number of halogens is 5. The van der Waals surface area contributed by atoms with Gasteiger partial charge in [0.05, 0.1) is 12.2 Å². The highest BCUT2D eigenvalue weighted by molar-refractivity contribution is 5.98. The Hall–Kier alpha value is -2.36. The zero-order valence-electron chi connectivity index (χ0n) is 13.9. The van der Waals surface area contributed by atoms with Crippen LogP contribution in [0, 0.1) is 5.92 Å². The molecule has 0 bridgehead atoms. The van der Waals surface area contributed by atoms with Gasteiger partial charge in [-0.1, -0.05) is 13.8 Å². The van der Waals surface area contributed by atoms with Gasteiger partial charge in [0.1, 0.15) is 5.69 Å². The molecule has 0 aromatic carbocycles. The number of hydrogen-bond acceptors (Lipinski definition) is 4. The smallest absolute Gasteiger partial charge is 0.392 e. The van der Waals surface area contributed by atoms with Gasteiger partial charge in [-0.2, -0.15) is 18.3 Å². The van der Waals surface area contributed by atoms with Gasteiger partial charge in [-0.05, 0) is 24.0 Å². The molecular weight excluding hydrogens is 361 g/mol. The molecule has 10 heteroatoms. The molecule has 0 fully saturated rings. The number of aromatic nitrogens is 3. The first-order valence-corrected chi connectivity index (χ1v) is 7.64. The van der Waals surface area contributed by atoms with Crippen LogP contribution in [0.25, 0.3) is 0 Å². The molecule has 2 aromatic heterocycles. The number of carbonyl (C=O) groups is 1. The molecule has 2 aromatic rings. The van der Waals surface area contributed by atoms with E-state index in [-0.39, 0.29) is 17.9 Å². The van der Waals surface area contributed by atoms with E-state index in [4.69, 9.17) is 0 Å². The van der Waals surface area contributed by atoms with Crippen LogP contribution in [0.5, 0.6) is 0 Å². The van der Waals surface area contributed by atoms with Crippen molar-refractivity contribution in [1.29, 1.82) is 0 Å². The Kier molecular flexibility index (Phi) is 5.74. The Bertz CT molecular complexity index is 786. The summed E-state index contributed by atoms with van der Waals surface area (Å²) in [7, 11) is 0. The van der Waals surface area contributed by atoms with E-state index in [1.807, 2.05) is 0 Å². The van der Waals surface area contributed by atoms with Crippen molar-refractivity contribution >= 4 is 5.91 Å². The molecule has 0 unspecified atom stereocenters. The summed E-state index contributed by atoms with van der Waals surface area (Å²) >= 11 is 0. The molecule has 142 valence electrons. The van der Waals surface area contributed by atoms with Crippen LogP contribution in [-0.4, -0.2) is 25.8 Å². The van der Waals surface area contributed by atoms with Gasteiger partial charge in [-0.15, -0.1) is 0 Å². The summed E-state index contributed by atoms with van der Waals surface area (Å²) in [6, 6.07) is 1.33. The van der Waals surface area contributed by atoms with E-state index in [0.29, 0.717) is 4.68 Å². The van der Waals surface area contributed by atoms with Crippen molar-refractivity contribution in [1.82, 2.24) is 14.8 Å². The van der Waals surface area contributed by atoms with E-state index < -0.39 is 47.6 Å². The zero-order chi connectivity index (χ0) is 19.6. The van der Waals surface area contributed by atoms with Gasteiger partial charge in [0.25, 0.3) is 12.3 Å². The molecule has 2 rings (SSSR count). The van der Waals surface area contributed by atoms with Crippen LogP contribution < -0.4 is 0 Å². The summed E-state index contributed by atoms with van der Waals surface area (Å²) in [5, 5.41) is 13.1. The van der Waals surface area contributed by atoms with Crippen LogP contribution >= 0.6 is 0 Å². The Morgan fingerprint density at radius 1 is 1.27 bits per heavy atom. The maximum atomic E-state index is 13.5. The molecule has 0 aliphatic heterocycles. The predicted octanol–water partition coefficient (Wildman–Crippen LogP) is 3.61. The number of aliphatic hydroxyl groups excluding tert-OH is 1. The number of pyridine rings is 1. The summed E-state index contributed by atoms with van der Waals surface area (Å²) in [4.78, 5) is 15.6. The second-order valence-corrected chi connectivity index (χ2v) is 5.99. The molecule has 1 N–H and O–H groups in total. The van der Waals surface area contributed by atoms with Gasteiger partial charge in [0.2, 0.25) is 0 Å². The molecule has 5 nitrogen and oxygen atoms in total. The van der Waals surface area contributed by atoms with Crippen molar-refractivity contribution in [3.05, 3.63) is 46.5 Å². The number of rotatable bonds is 5. The van der Waals surface area contributed by atoms with E-state index >= 15 is 0 Å². The van der Waals surface area contributed by atoms with E-state index in [9.17, 15) is 31.9 Å². The lowest BCUT2D eigenvalue weighted by atomic mass is 9.91. The summed E-state index contributed by atoms with van der Waals surface area (Å²) in [6.07, 6.45) is -6.26. The zero-order valence-corrected chi connectivity index (χ0v) is 13.9. The molecule has 0 spiro atoms. The summed E-state index contributed by atoms with van der Waals surface area (Å²) in [5.41, 5.74) is -4.50. The fourth-order valence-electron chi connectivity index (χ4n) is 2.62. The van der Waals surface area contributed by atoms with Crippen molar-refractivity contribution in [2.45, 2.75) is 39.5 Å². The minimum absolute atomic E-state index is 0.121. The first-order valence-electron chi connectivity index (χ1n) is 7.64. The van der Waals surface area contributed by atoms with Crippen LogP contribution in [-0.2, 0) is 19.2 Å². The molecule has 26 heavy (non-hydrogen) atoms. The summed E-state index contributed by atoms with van der Waals surface area (Å²) in [6.45, 7) is 2.34. The third-order valence-corrected chi connectivity index (χ3v) is 3.62. The second-order valence-electron chi connectivity index (χ2n) is 5.99. The normalized spacial score (nSPS) is 12.2. The van der Waals surface area contributed by atoms with Crippen LogP contribution in [0.1, 0.15) is 53.1 Å². The second kappa shape index (κ2) is 7.48. The average molecular weight is 377 g/mol. The van der Waals surface area contributed by atoms with E-state index in [2.05, 4.69) is 10.1 Å². The lowest BCUT2D eigenvalue weighted by Crippen LogP contribution is -2.26. The molecular formula is C16H16F5N3O2. The molecule has 0 atom stereocenters. The monoisotopic (exact) mass is 377 g/mol. The molecule has 0 amide bonds. The Balaban J connectivity index is 2.90. The maximum absolute atomic E-state index is 13.5. The third kappa shape index (κ3) is 3.90. The SMILES string of the molecule is CC(C)Cc1c(CO)c(C(F)F)nc(C(F)(F)F)c1C(=O)n1cccn1. The highest BCUT2D eigenvalue weighted by atomic mass is 19.4. The number of hydrogen-bond donors (Lipinski definition) is 1. The number of aliphatic hydroxyl groups is 1. The maximum Gasteiger partial charge on any atom is 0.434 e. The van der Waals surface area contributed by atoms with Gasteiger partial charge in [-0.25, -0.2) is 18.4 Å². The largest absolute Gasteiger partial charge is 0.434 e. The van der Waals surface area contributed by atoms with Crippen LogP contribution in [0.4, 0.5) is 22.0 Å². The van der Waals surface area contributed by atoms with Gasteiger partial charge < -0.3 is 5.11 Å². The van der Waals surface area contributed by atoms with E-state index in [1.54, 1.807) is 13.8 Å². The van der Waals surface area contributed by atoms with Gasteiger partial charge in [0.15, 0.2) is 5.69 Å². The lowest BCUT2D eigenvalue weighted by molar-refractivity contribution is -0.141. The first kappa shape index (κ1) is 20.0. The highest BCUT2D eigenvalue weighted by Crippen LogP contribution is 2.37. The molecule has 2 heterocycles. The topological polar surface area (TPSA) is 68.0 Å². The number of carbonyl (C=O) groups excluding carboxylic acids is 1.